The molecule has 3 fully saturated rings. The van der Waals surface area contributed by atoms with Crippen molar-refractivity contribution in [1.29, 1.82) is 0 Å². The molecule has 0 bridgehead atoms. The molecule has 2 atom stereocenters. The summed E-state index contributed by atoms with van der Waals surface area (Å²) in [6.07, 6.45) is 1.47. The number of rotatable bonds is 3. The van der Waals surface area contributed by atoms with Gasteiger partial charge in [-0.3, -0.25) is 34.2 Å². The van der Waals surface area contributed by atoms with Crippen LogP contribution in [-0.4, -0.2) is 84.6 Å². The molecule has 5 amide bonds. The Kier molecular flexibility index (Phi) is 5.80. The number of piperidine rings is 2. The third-order valence-electron chi connectivity index (χ3n) is 7.05. The number of piperazine rings is 1. The summed E-state index contributed by atoms with van der Waals surface area (Å²) in [6, 6.07) is 1.29. The highest BCUT2D eigenvalue weighted by molar-refractivity contribution is 6.23. The van der Waals surface area contributed by atoms with Crippen LogP contribution in [0.2, 0.25) is 0 Å². The first kappa shape index (κ1) is 22.5. The Morgan fingerprint density at radius 2 is 1.68 bits per heavy atom. The van der Waals surface area contributed by atoms with E-state index in [4.69, 9.17) is 0 Å². The third-order valence-corrected chi connectivity index (χ3v) is 7.05. The van der Waals surface area contributed by atoms with Gasteiger partial charge < -0.3 is 15.1 Å². The van der Waals surface area contributed by atoms with Gasteiger partial charge in [0.05, 0.1) is 22.7 Å². The molecule has 2 N–H and O–H groups in total. The van der Waals surface area contributed by atoms with Gasteiger partial charge >= 0.3 is 0 Å². The summed E-state index contributed by atoms with van der Waals surface area (Å²) in [4.78, 5) is 67.1. The summed E-state index contributed by atoms with van der Waals surface area (Å²) >= 11 is 0. The second kappa shape index (κ2) is 8.79. The molecule has 4 aliphatic rings. The van der Waals surface area contributed by atoms with Crippen LogP contribution in [0.5, 0.6) is 0 Å². The largest absolute Gasteiger partial charge is 0.368 e. The highest BCUT2D eigenvalue weighted by atomic mass is 19.1. The first-order valence-corrected chi connectivity index (χ1v) is 11.6. The van der Waals surface area contributed by atoms with E-state index in [1.54, 1.807) is 4.90 Å². The number of hydrogen-bond donors (Lipinski definition) is 2. The predicted octanol–water partition coefficient (Wildman–Crippen LogP) is -0.125. The van der Waals surface area contributed by atoms with Crippen LogP contribution in [0.25, 0.3) is 0 Å². The number of anilines is 1. The average Bonchev–Trinajstić information content (AvgIpc) is 3.08. The topological polar surface area (TPSA) is 119 Å². The summed E-state index contributed by atoms with van der Waals surface area (Å²) in [7, 11) is 0. The molecule has 0 spiro atoms. The number of benzene rings is 1. The minimum atomic E-state index is -1.10. The molecule has 34 heavy (non-hydrogen) atoms. The van der Waals surface area contributed by atoms with E-state index in [0.29, 0.717) is 39.0 Å². The fraction of sp³-hybridized carbons (Fsp3) is 0.522. The fourth-order valence-corrected chi connectivity index (χ4v) is 5.26. The Balaban J connectivity index is 1.37. The number of nitrogens with zero attached hydrogens (tertiary/aromatic N) is 3. The normalized spacial score (nSPS) is 25.5. The summed E-state index contributed by atoms with van der Waals surface area (Å²) in [5, 5.41) is 5.36. The molecule has 4 heterocycles. The Morgan fingerprint density at radius 3 is 2.38 bits per heavy atom. The first-order chi connectivity index (χ1) is 16.3. The second-order valence-corrected chi connectivity index (χ2v) is 9.16. The van der Waals surface area contributed by atoms with Crippen LogP contribution in [0, 0.1) is 11.7 Å². The van der Waals surface area contributed by atoms with Crippen LogP contribution < -0.4 is 15.5 Å². The Bertz CT molecular complexity index is 1090. The van der Waals surface area contributed by atoms with Gasteiger partial charge in [0.25, 0.3) is 11.8 Å². The highest BCUT2D eigenvalue weighted by Gasteiger charge is 2.45. The van der Waals surface area contributed by atoms with Gasteiger partial charge in [-0.25, -0.2) is 4.39 Å². The summed E-state index contributed by atoms with van der Waals surface area (Å²) in [5.41, 5.74) is 0.103. The van der Waals surface area contributed by atoms with Gasteiger partial charge in [0.1, 0.15) is 11.9 Å². The van der Waals surface area contributed by atoms with Crippen LogP contribution in [0.15, 0.2) is 12.1 Å². The van der Waals surface area contributed by atoms with Crippen molar-refractivity contribution in [2.24, 2.45) is 5.92 Å². The van der Waals surface area contributed by atoms with Crippen LogP contribution in [-0.2, 0) is 14.4 Å². The van der Waals surface area contributed by atoms with Crippen LogP contribution >= 0.6 is 0 Å². The van der Waals surface area contributed by atoms with Gasteiger partial charge in [-0.15, -0.1) is 0 Å². The molecule has 1 aromatic rings. The van der Waals surface area contributed by atoms with E-state index in [1.165, 1.54) is 6.07 Å². The maximum Gasteiger partial charge on any atom is 0.262 e. The number of fused-ring (bicyclic) bond motifs is 1. The molecule has 11 heteroatoms. The SMILES string of the molecule is O=C1CCC(N2C(=O)c3cc(F)c(N4CCCC(C(=O)N5CCNCC5)C4)cc3C2=O)C(=O)N1. The van der Waals surface area contributed by atoms with Gasteiger partial charge in [-0.05, 0) is 31.4 Å². The quantitative estimate of drug-likeness (QED) is 0.590. The lowest BCUT2D eigenvalue weighted by Gasteiger charge is -2.37. The van der Waals surface area contributed by atoms with Crippen molar-refractivity contribution in [2.75, 3.05) is 44.2 Å². The molecule has 180 valence electrons. The van der Waals surface area contributed by atoms with E-state index < -0.39 is 35.5 Å². The van der Waals surface area contributed by atoms with Crippen LogP contribution in [0.3, 0.4) is 0 Å². The van der Waals surface area contributed by atoms with Gasteiger partial charge in [0.15, 0.2) is 0 Å². The molecule has 0 aliphatic carbocycles. The number of halogens is 1. The van der Waals surface area contributed by atoms with E-state index in [-0.39, 0.29) is 41.5 Å². The monoisotopic (exact) mass is 471 g/mol. The standard InChI is InChI=1S/C23H26FN5O5/c24-16-10-14-15(23(34)29(22(14)33)17-3-4-19(30)26-20(17)31)11-18(16)28-7-1-2-13(12-28)21(32)27-8-5-25-6-9-27/h10-11,13,17,25H,1-9,12H2,(H,26,30,31). The molecule has 3 saturated heterocycles. The Morgan fingerprint density at radius 1 is 0.971 bits per heavy atom. The van der Waals surface area contributed by atoms with Crippen molar-refractivity contribution >= 4 is 35.2 Å². The summed E-state index contributed by atoms with van der Waals surface area (Å²) < 4.78 is 15.2. The molecule has 0 saturated carbocycles. The third kappa shape index (κ3) is 3.83. The molecule has 0 aromatic heterocycles. The van der Waals surface area contributed by atoms with Crippen molar-refractivity contribution in [3.05, 3.63) is 29.1 Å². The Labute approximate surface area is 195 Å². The zero-order valence-electron chi connectivity index (χ0n) is 18.6. The van der Waals surface area contributed by atoms with Gasteiger partial charge in [0, 0.05) is 45.7 Å². The van der Waals surface area contributed by atoms with Gasteiger partial charge in [-0.2, -0.15) is 0 Å². The fourth-order valence-electron chi connectivity index (χ4n) is 5.26. The lowest BCUT2D eigenvalue weighted by Crippen LogP contribution is -2.54. The number of amides is 5. The minimum absolute atomic E-state index is 0.0136. The number of nitrogens with one attached hydrogen (secondary N) is 2. The van der Waals surface area contributed by atoms with Gasteiger partial charge in [-0.1, -0.05) is 0 Å². The van der Waals surface area contributed by atoms with Crippen molar-refractivity contribution in [3.63, 3.8) is 0 Å². The number of hydrogen-bond acceptors (Lipinski definition) is 7. The molecule has 10 nitrogen and oxygen atoms in total. The first-order valence-electron chi connectivity index (χ1n) is 11.6. The maximum absolute atomic E-state index is 15.2. The van der Waals surface area contributed by atoms with Crippen molar-refractivity contribution < 1.29 is 28.4 Å². The lowest BCUT2D eigenvalue weighted by molar-refractivity contribution is -0.137. The molecule has 4 aliphatic heterocycles. The molecular weight excluding hydrogens is 445 g/mol. The van der Waals surface area contributed by atoms with E-state index >= 15 is 4.39 Å². The summed E-state index contributed by atoms with van der Waals surface area (Å²) in [5.74, 6) is -3.45. The minimum Gasteiger partial charge on any atom is -0.368 e. The zero-order valence-corrected chi connectivity index (χ0v) is 18.6. The summed E-state index contributed by atoms with van der Waals surface area (Å²) in [6.45, 7) is 3.66. The van der Waals surface area contributed by atoms with Crippen molar-refractivity contribution in [1.82, 2.24) is 20.4 Å². The zero-order chi connectivity index (χ0) is 24.0. The van der Waals surface area contributed by atoms with Crippen molar-refractivity contribution in [2.45, 2.75) is 31.7 Å². The highest BCUT2D eigenvalue weighted by Crippen LogP contribution is 2.34. The van der Waals surface area contributed by atoms with E-state index in [1.807, 2.05) is 4.90 Å². The lowest BCUT2D eigenvalue weighted by atomic mass is 9.95. The smallest absolute Gasteiger partial charge is 0.262 e. The van der Waals surface area contributed by atoms with E-state index in [2.05, 4.69) is 10.6 Å². The molecular formula is C23H26FN5O5. The predicted molar refractivity (Wildman–Crippen MR) is 117 cm³/mol. The average molecular weight is 471 g/mol. The van der Waals surface area contributed by atoms with E-state index in [9.17, 15) is 24.0 Å². The molecule has 0 radical (unpaired) electrons. The van der Waals surface area contributed by atoms with Crippen LogP contribution in [0.4, 0.5) is 10.1 Å². The van der Waals surface area contributed by atoms with E-state index in [0.717, 1.165) is 24.1 Å². The molecule has 5 rings (SSSR count). The number of carbonyl (C=O) groups is 5. The molecule has 2 unspecified atom stereocenters. The molecule has 1 aromatic carbocycles. The number of carbonyl (C=O) groups excluding carboxylic acids is 5. The van der Waals surface area contributed by atoms with Gasteiger partial charge in [0.2, 0.25) is 17.7 Å². The second-order valence-electron chi connectivity index (χ2n) is 9.16. The van der Waals surface area contributed by atoms with Crippen molar-refractivity contribution in [3.8, 4) is 0 Å². The maximum atomic E-state index is 15.2. The number of imide groups is 2. The Hall–Kier alpha value is -3.34. The van der Waals surface area contributed by atoms with Crippen LogP contribution in [0.1, 0.15) is 46.4 Å².